The van der Waals surface area contributed by atoms with E-state index in [4.69, 9.17) is 9.73 Å². The fourth-order valence-electron chi connectivity index (χ4n) is 5.13. The van der Waals surface area contributed by atoms with Gasteiger partial charge in [-0.05, 0) is 50.3 Å². The summed E-state index contributed by atoms with van der Waals surface area (Å²) < 4.78 is 19.1. The smallest absolute Gasteiger partial charge is 0.193 e. The number of hydrogen-bond acceptors (Lipinski definition) is 2. The van der Waals surface area contributed by atoms with E-state index in [0.29, 0.717) is 5.41 Å². The van der Waals surface area contributed by atoms with Gasteiger partial charge in [-0.2, -0.15) is 0 Å². The van der Waals surface area contributed by atoms with Crippen molar-refractivity contribution in [3.05, 3.63) is 35.6 Å². The van der Waals surface area contributed by atoms with E-state index in [9.17, 15) is 4.39 Å². The normalized spacial score (nSPS) is 26.6. The fraction of sp³-hybridized carbons (Fsp3) is 0.682. The summed E-state index contributed by atoms with van der Waals surface area (Å²) in [6, 6.07) is 7.11. The second-order valence-corrected chi connectivity index (χ2v) is 8.64. The van der Waals surface area contributed by atoms with Gasteiger partial charge in [0.15, 0.2) is 5.96 Å². The fourth-order valence-corrected chi connectivity index (χ4v) is 5.13. The molecule has 0 radical (unpaired) electrons. The van der Waals surface area contributed by atoms with Crippen LogP contribution in [0.4, 0.5) is 4.39 Å². The Hall–Kier alpha value is -0.890. The van der Waals surface area contributed by atoms with Crippen LogP contribution in [0.2, 0.25) is 0 Å². The van der Waals surface area contributed by atoms with Crippen molar-refractivity contribution in [3.63, 3.8) is 0 Å². The van der Waals surface area contributed by atoms with Crippen LogP contribution in [0, 0.1) is 11.2 Å². The van der Waals surface area contributed by atoms with Gasteiger partial charge in [-0.15, -0.1) is 24.0 Å². The van der Waals surface area contributed by atoms with Crippen LogP contribution in [0.3, 0.4) is 0 Å². The van der Waals surface area contributed by atoms with Gasteiger partial charge in [0.2, 0.25) is 0 Å². The molecule has 1 atom stereocenters. The van der Waals surface area contributed by atoms with E-state index >= 15 is 0 Å². The highest BCUT2D eigenvalue weighted by Gasteiger charge is 2.42. The topological polar surface area (TPSA) is 36.9 Å². The predicted molar refractivity (Wildman–Crippen MR) is 122 cm³/mol. The van der Waals surface area contributed by atoms with Gasteiger partial charge >= 0.3 is 0 Å². The van der Waals surface area contributed by atoms with Crippen molar-refractivity contribution in [1.29, 1.82) is 0 Å². The van der Waals surface area contributed by atoms with E-state index in [1.54, 1.807) is 12.1 Å². The third kappa shape index (κ3) is 4.48. The summed E-state index contributed by atoms with van der Waals surface area (Å²) in [6.45, 7) is 7.67. The Balaban J connectivity index is 0.00000225. The Bertz CT molecular complexity index is 667. The molecular weight excluding hydrogens is 468 g/mol. The van der Waals surface area contributed by atoms with Gasteiger partial charge < -0.3 is 15.0 Å². The van der Waals surface area contributed by atoms with Gasteiger partial charge in [-0.1, -0.05) is 25.0 Å². The zero-order chi connectivity index (χ0) is 18.7. The molecule has 28 heavy (non-hydrogen) atoms. The molecule has 1 aromatic rings. The molecule has 0 aromatic heterocycles. The zero-order valence-electron chi connectivity index (χ0n) is 16.9. The molecule has 4 rings (SSSR count). The van der Waals surface area contributed by atoms with Crippen molar-refractivity contribution >= 4 is 29.9 Å². The van der Waals surface area contributed by atoms with Crippen molar-refractivity contribution in [3.8, 4) is 0 Å². The molecule has 6 heteroatoms. The maximum atomic E-state index is 13.4. The molecule has 4 nitrogen and oxygen atoms in total. The van der Waals surface area contributed by atoms with E-state index in [1.807, 2.05) is 12.1 Å². The lowest BCUT2D eigenvalue weighted by molar-refractivity contribution is 0.156. The van der Waals surface area contributed by atoms with E-state index < -0.39 is 0 Å². The average Bonchev–Trinajstić information content (AvgIpc) is 3.42. The Morgan fingerprint density at radius 2 is 1.93 bits per heavy atom. The van der Waals surface area contributed by atoms with Gasteiger partial charge in [-0.3, -0.25) is 4.99 Å². The zero-order valence-corrected chi connectivity index (χ0v) is 19.2. The molecule has 1 unspecified atom stereocenters. The Morgan fingerprint density at radius 1 is 1.18 bits per heavy atom. The number of rotatable bonds is 4. The van der Waals surface area contributed by atoms with Gasteiger partial charge in [-0.25, -0.2) is 4.39 Å². The maximum Gasteiger partial charge on any atom is 0.193 e. The second-order valence-electron chi connectivity index (χ2n) is 8.64. The van der Waals surface area contributed by atoms with Gasteiger partial charge in [0.05, 0.1) is 13.2 Å². The number of halogens is 2. The average molecular weight is 501 g/mol. The first-order valence-electron chi connectivity index (χ1n) is 10.5. The van der Waals surface area contributed by atoms with Crippen LogP contribution >= 0.6 is 24.0 Å². The summed E-state index contributed by atoms with van der Waals surface area (Å²) in [6.07, 6.45) is 7.10. The molecule has 1 saturated carbocycles. The lowest BCUT2D eigenvalue weighted by Crippen LogP contribution is -2.42. The first-order valence-corrected chi connectivity index (χ1v) is 10.5. The Kier molecular flexibility index (Phi) is 7.23. The molecule has 156 valence electrons. The highest BCUT2D eigenvalue weighted by molar-refractivity contribution is 14.0. The lowest BCUT2D eigenvalue weighted by Gasteiger charge is -2.30. The molecule has 2 saturated heterocycles. The number of guanidine groups is 1. The quantitative estimate of drug-likeness (QED) is 0.379. The molecule has 2 heterocycles. The van der Waals surface area contributed by atoms with Crippen LogP contribution in [0.15, 0.2) is 29.3 Å². The Labute approximate surface area is 185 Å². The number of benzene rings is 1. The SMILES string of the molecule is CCNC(=NCC1(c2ccc(F)cc2)CCCC1)N1CCC2(CCOC2)C1.I. The first kappa shape index (κ1) is 21.8. The highest BCUT2D eigenvalue weighted by Crippen LogP contribution is 2.42. The van der Waals surface area contributed by atoms with Gasteiger partial charge in [0.1, 0.15) is 5.82 Å². The predicted octanol–water partition coefficient (Wildman–Crippen LogP) is 4.33. The number of ether oxygens (including phenoxy) is 1. The minimum absolute atomic E-state index is 0. The van der Waals surface area contributed by atoms with Crippen LogP contribution in [-0.4, -0.2) is 50.3 Å². The summed E-state index contributed by atoms with van der Waals surface area (Å²) >= 11 is 0. The standard InChI is InChI=1S/C22H32FN3O.HI/c1-2-24-20(26-13-11-21(16-26)12-14-27-17-21)25-15-22(9-3-4-10-22)18-5-7-19(23)8-6-18;/h5-8H,2-4,9-17H2,1H3,(H,24,25);1H. The molecule has 3 aliphatic rings. The number of aliphatic imine (C=N–C) groups is 1. The molecule has 1 aliphatic carbocycles. The van der Waals surface area contributed by atoms with Crippen LogP contribution in [0.1, 0.15) is 51.0 Å². The monoisotopic (exact) mass is 501 g/mol. The highest BCUT2D eigenvalue weighted by atomic mass is 127. The maximum absolute atomic E-state index is 13.4. The molecule has 1 N–H and O–H groups in total. The van der Waals surface area contributed by atoms with E-state index in [-0.39, 0.29) is 35.2 Å². The van der Waals surface area contributed by atoms with E-state index in [2.05, 4.69) is 17.1 Å². The van der Waals surface area contributed by atoms with Crippen molar-refractivity contribution in [1.82, 2.24) is 10.2 Å². The van der Waals surface area contributed by atoms with Gasteiger partial charge in [0, 0.05) is 37.1 Å². The lowest BCUT2D eigenvalue weighted by atomic mass is 9.79. The van der Waals surface area contributed by atoms with E-state index in [1.165, 1.54) is 31.2 Å². The molecular formula is C22H33FIN3O. The summed E-state index contributed by atoms with van der Waals surface area (Å²) in [7, 11) is 0. The largest absolute Gasteiger partial charge is 0.381 e. The summed E-state index contributed by atoms with van der Waals surface area (Å²) in [5.41, 5.74) is 1.63. The number of nitrogens with zero attached hydrogens (tertiary/aromatic N) is 2. The summed E-state index contributed by atoms with van der Waals surface area (Å²) in [4.78, 5) is 7.52. The number of likely N-dealkylation sites (tertiary alicyclic amines) is 1. The molecule has 1 aromatic carbocycles. The van der Waals surface area contributed by atoms with E-state index in [0.717, 1.165) is 58.2 Å². The number of nitrogens with one attached hydrogen (secondary N) is 1. The summed E-state index contributed by atoms with van der Waals surface area (Å²) in [5, 5.41) is 3.51. The second kappa shape index (κ2) is 9.28. The molecule has 1 spiro atoms. The molecule has 0 bridgehead atoms. The minimum Gasteiger partial charge on any atom is -0.381 e. The van der Waals surface area contributed by atoms with Crippen molar-refractivity contribution < 1.29 is 9.13 Å². The van der Waals surface area contributed by atoms with Crippen LogP contribution in [-0.2, 0) is 10.2 Å². The third-order valence-corrected chi connectivity index (χ3v) is 6.81. The minimum atomic E-state index is -0.162. The van der Waals surface area contributed by atoms with Crippen molar-refractivity contribution in [2.45, 2.75) is 50.9 Å². The van der Waals surface area contributed by atoms with Gasteiger partial charge in [0.25, 0.3) is 0 Å². The van der Waals surface area contributed by atoms with Crippen molar-refractivity contribution in [2.24, 2.45) is 10.4 Å². The van der Waals surface area contributed by atoms with Crippen LogP contribution < -0.4 is 5.32 Å². The van der Waals surface area contributed by atoms with Crippen molar-refractivity contribution in [2.75, 3.05) is 39.4 Å². The Morgan fingerprint density at radius 3 is 2.57 bits per heavy atom. The number of hydrogen-bond donors (Lipinski definition) is 1. The first-order chi connectivity index (χ1) is 13.1. The third-order valence-electron chi connectivity index (χ3n) is 6.81. The molecule has 0 amide bonds. The molecule has 3 fully saturated rings. The van der Waals surface area contributed by atoms with Crippen LogP contribution in [0.5, 0.6) is 0 Å². The molecule has 2 aliphatic heterocycles. The van der Waals surface area contributed by atoms with Crippen LogP contribution in [0.25, 0.3) is 0 Å². The summed E-state index contributed by atoms with van der Waals surface area (Å²) in [5.74, 6) is 0.875.